The number of hydrogen-bond donors (Lipinski definition) is 2. The highest BCUT2D eigenvalue weighted by molar-refractivity contribution is 14.0. The monoisotopic (exact) mass is 459 g/mol. The second kappa shape index (κ2) is 10.4. The van der Waals surface area contributed by atoms with Gasteiger partial charge in [0, 0.05) is 25.2 Å². The number of rotatable bonds is 5. The van der Waals surface area contributed by atoms with Crippen LogP contribution in [0.15, 0.2) is 47.5 Å². The van der Waals surface area contributed by atoms with Crippen LogP contribution in [-0.2, 0) is 13.1 Å². The minimum atomic E-state index is 0. The average Bonchev–Trinajstić information content (AvgIpc) is 2.57. The Balaban J connectivity index is 0.00000288. The van der Waals surface area contributed by atoms with E-state index < -0.39 is 0 Å². The van der Waals surface area contributed by atoms with Crippen molar-refractivity contribution in [2.45, 2.75) is 20.0 Å². The zero-order valence-electron chi connectivity index (χ0n) is 14.1. The van der Waals surface area contributed by atoms with Gasteiger partial charge in [0.25, 0.3) is 0 Å². The zero-order chi connectivity index (χ0) is 16.7. The lowest BCUT2D eigenvalue weighted by Gasteiger charge is -2.13. The van der Waals surface area contributed by atoms with Gasteiger partial charge >= 0.3 is 0 Å². The number of halogens is 2. The minimum Gasteiger partial charge on any atom is -0.496 e. The molecule has 0 aliphatic heterocycles. The number of hydrogen-bond acceptors (Lipinski definition) is 2. The Bertz CT molecular complexity index is 674. The summed E-state index contributed by atoms with van der Waals surface area (Å²) in [5.74, 6) is 1.65. The van der Waals surface area contributed by atoms with Crippen LogP contribution in [-0.4, -0.2) is 20.1 Å². The molecule has 0 aromatic heterocycles. The summed E-state index contributed by atoms with van der Waals surface area (Å²) in [6, 6.07) is 13.9. The number of aryl methyl sites for hydroxylation is 1. The van der Waals surface area contributed by atoms with E-state index in [1.165, 1.54) is 0 Å². The maximum absolute atomic E-state index is 5.89. The lowest BCUT2D eigenvalue weighted by molar-refractivity contribution is 0.411. The second-order valence-electron chi connectivity index (χ2n) is 5.21. The molecule has 0 saturated heterocycles. The summed E-state index contributed by atoms with van der Waals surface area (Å²) in [5, 5.41) is 7.32. The third-order valence-corrected chi connectivity index (χ3v) is 3.78. The molecule has 0 heterocycles. The van der Waals surface area contributed by atoms with E-state index in [1.54, 1.807) is 14.2 Å². The lowest BCUT2D eigenvalue weighted by atomic mass is 10.1. The predicted octanol–water partition coefficient (Wildman–Crippen LogP) is 4.14. The van der Waals surface area contributed by atoms with E-state index in [-0.39, 0.29) is 24.0 Å². The van der Waals surface area contributed by atoms with Crippen molar-refractivity contribution in [3.63, 3.8) is 0 Å². The van der Waals surface area contributed by atoms with E-state index in [1.807, 2.05) is 37.3 Å². The molecule has 0 amide bonds. The highest BCUT2D eigenvalue weighted by atomic mass is 127. The van der Waals surface area contributed by atoms with Crippen molar-refractivity contribution in [2.75, 3.05) is 14.2 Å². The first-order chi connectivity index (χ1) is 11.1. The highest BCUT2D eigenvalue weighted by Crippen LogP contribution is 2.18. The first-order valence-corrected chi connectivity index (χ1v) is 7.82. The number of nitrogens with one attached hydrogen (secondary N) is 2. The van der Waals surface area contributed by atoms with Crippen LogP contribution in [0.3, 0.4) is 0 Å². The summed E-state index contributed by atoms with van der Waals surface area (Å²) >= 11 is 5.89. The molecule has 2 rings (SSSR count). The summed E-state index contributed by atoms with van der Waals surface area (Å²) < 4.78 is 5.35. The number of aliphatic imine (C=N–C) groups is 1. The number of methoxy groups -OCH3 is 1. The van der Waals surface area contributed by atoms with E-state index in [0.717, 1.165) is 33.4 Å². The van der Waals surface area contributed by atoms with Crippen molar-refractivity contribution >= 4 is 41.5 Å². The van der Waals surface area contributed by atoms with Crippen LogP contribution < -0.4 is 15.4 Å². The van der Waals surface area contributed by atoms with Gasteiger partial charge in [-0.25, -0.2) is 0 Å². The van der Waals surface area contributed by atoms with Crippen molar-refractivity contribution in [3.8, 4) is 5.75 Å². The van der Waals surface area contributed by atoms with Crippen LogP contribution in [0.2, 0.25) is 5.02 Å². The van der Waals surface area contributed by atoms with Gasteiger partial charge in [0.1, 0.15) is 5.75 Å². The molecule has 0 saturated carbocycles. The van der Waals surface area contributed by atoms with Gasteiger partial charge in [0.05, 0.1) is 7.11 Å². The molecule has 0 radical (unpaired) electrons. The Labute approximate surface area is 165 Å². The molecular weight excluding hydrogens is 437 g/mol. The maximum Gasteiger partial charge on any atom is 0.191 e. The zero-order valence-corrected chi connectivity index (χ0v) is 17.2. The maximum atomic E-state index is 5.89. The standard InChI is InChI=1S/C18H22ClN3O.HI/c1-13-4-5-15(10-17(13)23-3)12-22-18(20-2)21-11-14-6-8-16(19)9-7-14;/h4-10H,11-12H2,1-3H3,(H2,20,21,22);1H. The van der Waals surface area contributed by atoms with Gasteiger partial charge in [-0.05, 0) is 41.8 Å². The third-order valence-electron chi connectivity index (χ3n) is 3.53. The largest absolute Gasteiger partial charge is 0.496 e. The van der Waals surface area contributed by atoms with E-state index >= 15 is 0 Å². The van der Waals surface area contributed by atoms with Gasteiger partial charge in [0.15, 0.2) is 5.96 Å². The van der Waals surface area contributed by atoms with Crippen molar-refractivity contribution in [1.82, 2.24) is 10.6 Å². The fourth-order valence-corrected chi connectivity index (χ4v) is 2.29. The molecule has 2 N–H and O–H groups in total. The topological polar surface area (TPSA) is 45.7 Å². The van der Waals surface area contributed by atoms with Gasteiger partial charge in [-0.2, -0.15) is 0 Å². The number of benzene rings is 2. The molecule has 2 aromatic carbocycles. The fourth-order valence-electron chi connectivity index (χ4n) is 2.17. The highest BCUT2D eigenvalue weighted by Gasteiger charge is 2.02. The van der Waals surface area contributed by atoms with E-state index in [2.05, 4.69) is 27.8 Å². The predicted molar refractivity (Wildman–Crippen MR) is 112 cm³/mol. The Morgan fingerprint density at radius 2 is 1.62 bits per heavy atom. The molecule has 4 nitrogen and oxygen atoms in total. The molecule has 24 heavy (non-hydrogen) atoms. The van der Waals surface area contributed by atoms with Crippen molar-refractivity contribution in [2.24, 2.45) is 4.99 Å². The van der Waals surface area contributed by atoms with Crippen molar-refractivity contribution in [3.05, 3.63) is 64.2 Å². The van der Waals surface area contributed by atoms with Gasteiger partial charge in [0.2, 0.25) is 0 Å². The molecule has 0 aliphatic carbocycles. The van der Waals surface area contributed by atoms with Gasteiger partial charge in [-0.3, -0.25) is 4.99 Å². The van der Waals surface area contributed by atoms with Crippen LogP contribution in [0.5, 0.6) is 5.75 Å². The second-order valence-corrected chi connectivity index (χ2v) is 5.65. The molecule has 0 spiro atoms. The minimum absolute atomic E-state index is 0. The van der Waals surface area contributed by atoms with Crippen LogP contribution in [0.1, 0.15) is 16.7 Å². The Hall–Kier alpha value is -1.47. The van der Waals surface area contributed by atoms with Crippen LogP contribution in [0.4, 0.5) is 0 Å². The Morgan fingerprint density at radius 1 is 1.04 bits per heavy atom. The average molecular weight is 460 g/mol. The number of guanidine groups is 1. The van der Waals surface area contributed by atoms with Crippen molar-refractivity contribution in [1.29, 1.82) is 0 Å². The molecule has 2 aromatic rings. The molecule has 130 valence electrons. The fraction of sp³-hybridized carbons (Fsp3) is 0.278. The van der Waals surface area contributed by atoms with Gasteiger partial charge in [-0.15, -0.1) is 24.0 Å². The molecule has 0 atom stereocenters. The van der Waals surface area contributed by atoms with E-state index in [9.17, 15) is 0 Å². The molecular formula is C18H23ClIN3O. The normalized spacial score (nSPS) is 10.8. The van der Waals surface area contributed by atoms with E-state index in [0.29, 0.717) is 13.1 Å². The third kappa shape index (κ3) is 6.20. The molecule has 0 unspecified atom stereocenters. The number of ether oxygens (including phenoxy) is 1. The summed E-state index contributed by atoms with van der Waals surface area (Å²) in [7, 11) is 3.44. The SMILES string of the molecule is CN=C(NCc1ccc(Cl)cc1)NCc1ccc(C)c(OC)c1.I. The molecule has 0 aliphatic rings. The van der Waals surface area contributed by atoms with Gasteiger partial charge < -0.3 is 15.4 Å². The van der Waals surface area contributed by atoms with Crippen molar-refractivity contribution < 1.29 is 4.74 Å². The first-order valence-electron chi connectivity index (χ1n) is 7.45. The first kappa shape index (κ1) is 20.6. The molecule has 0 fully saturated rings. The Morgan fingerprint density at radius 3 is 2.21 bits per heavy atom. The molecule has 6 heteroatoms. The smallest absolute Gasteiger partial charge is 0.191 e. The van der Waals surface area contributed by atoms with Crippen LogP contribution >= 0.6 is 35.6 Å². The summed E-state index contributed by atoms with van der Waals surface area (Å²) in [5.41, 5.74) is 3.41. The van der Waals surface area contributed by atoms with Gasteiger partial charge in [-0.1, -0.05) is 35.9 Å². The Kier molecular flexibility index (Phi) is 8.92. The summed E-state index contributed by atoms with van der Waals surface area (Å²) in [6.45, 7) is 3.40. The number of nitrogens with zero attached hydrogens (tertiary/aromatic N) is 1. The van der Waals surface area contributed by atoms with Crippen LogP contribution in [0.25, 0.3) is 0 Å². The van der Waals surface area contributed by atoms with Crippen LogP contribution in [0, 0.1) is 6.92 Å². The summed E-state index contributed by atoms with van der Waals surface area (Å²) in [4.78, 5) is 4.23. The lowest BCUT2D eigenvalue weighted by Crippen LogP contribution is -2.36. The quantitative estimate of drug-likeness (QED) is 0.401. The van der Waals surface area contributed by atoms with E-state index in [4.69, 9.17) is 16.3 Å². The summed E-state index contributed by atoms with van der Waals surface area (Å²) in [6.07, 6.45) is 0. The molecule has 0 bridgehead atoms.